The van der Waals surface area contributed by atoms with Gasteiger partial charge >= 0.3 is 0 Å². The third-order valence-electron chi connectivity index (χ3n) is 3.80. The fraction of sp³-hybridized carbons (Fsp3) is 0.571. The summed E-state index contributed by atoms with van der Waals surface area (Å²) in [7, 11) is 0. The summed E-state index contributed by atoms with van der Waals surface area (Å²) in [6.45, 7) is 2.53. The zero-order valence-corrected chi connectivity index (χ0v) is 12.0. The van der Waals surface area contributed by atoms with Gasteiger partial charge in [0.05, 0.1) is 0 Å². The van der Waals surface area contributed by atoms with Gasteiger partial charge in [0, 0.05) is 13.0 Å². The Balaban J connectivity index is 2.11. The molecule has 1 aromatic rings. The number of carbonyl (C=O) groups excluding carboxylic acids is 2. The van der Waals surface area contributed by atoms with Crippen LogP contribution < -0.4 is 5.73 Å². The summed E-state index contributed by atoms with van der Waals surface area (Å²) in [6, 6.07) is 1.64. The molecule has 2 rings (SSSR count). The van der Waals surface area contributed by atoms with E-state index in [0.717, 1.165) is 12.8 Å². The maximum atomic E-state index is 12.3. The van der Waals surface area contributed by atoms with E-state index in [2.05, 4.69) is 11.4 Å². The lowest BCUT2D eigenvalue weighted by molar-refractivity contribution is -0.139. The molecule has 0 radical (unpaired) electrons. The van der Waals surface area contributed by atoms with Gasteiger partial charge in [-0.2, -0.15) is 11.3 Å². The summed E-state index contributed by atoms with van der Waals surface area (Å²) in [5.41, 5.74) is 6.63. The average Bonchev–Trinajstić information content (AvgIpc) is 2.83. The molecule has 19 heavy (non-hydrogen) atoms. The Hall–Kier alpha value is -1.36. The Morgan fingerprint density at radius 1 is 1.63 bits per heavy atom. The molecule has 2 unspecified atom stereocenters. The van der Waals surface area contributed by atoms with E-state index in [1.165, 1.54) is 5.56 Å². The van der Waals surface area contributed by atoms with Crippen molar-refractivity contribution in [1.82, 2.24) is 4.90 Å². The number of hydrogen-bond acceptors (Lipinski definition) is 3. The molecular weight excluding hydrogens is 260 g/mol. The average molecular weight is 280 g/mol. The molecule has 104 valence electrons. The quantitative estimate of drug-likeness (QED) is 0.918. The van der Waals surface area contributed by atoms with Gasteiger partial charge in [-0.1, -0.05) is 6.92 Å². The Bertz CT molecular complexity index is 444. The number of thiophene rings is 1. The molecule has 4 nitrogen and oxygen atoms in total. The lowest BCUT2D eigenvalue weighted by Crippen LogP contribution is -2.47. The predicted octanol–water partition coefficient (Wildman–Crippen LogP) is 2.11. The minimum atomic E-state index is -0.450. The van der Waals surface area contributed by atoms with Gasteiger partial charge in [0.2, 0.25) is 11.8 Å². The highest BCUT2D eigenvalue weighted by atomic mass is 32.1. The van der Waals surface area contributed by atoms with E-state index >= 15 is 0 Å². The monoisotopic (exact) mass is 280 g/mol. The normalized spacial score (nSPS) is 22.1. The number of carbonyl (C=O) groups is 2. The van der Waals surface area contributed by atoms with Crippen LogP contribution in [-0.2, 0) is 9.59 Å². The van der Waals surface area contributed by atoms with Crippen LogP contribution >= 0.6 is 11.3 Å². The molecule has 1 aliphatic rings. The SMILES string of the molecule is CCC(C(N)=O)N1CCCC(c2ccsc2)CC1=O. The molecule has 0 aromatic carbocycles. The van der Waals surface area contributed by atoms with Gasteiger partial charge in [-0.25, -0.2) is 0 Å². The van der Waals surface area contributed by atoms with Gasteiger partial charge in [0.1, 0.15) is 6.04 Å². The van der Waals surface area contributed by atoms with Crippen LogP contribution in [0.1, 0.15) is 44.1 Å². The first-order chi connectivity index (χ1) is 9.13. The zero-order chi connectivity index (χ0) is 13.8. The lowest BCUT2D eigenvalue weighted by Gasteiger charge is -2.27. The van der Waals surface area contributed by atoms with Crippen LogP contribution in [0.4, 0.5) is 0 Å². The third kappa shape index (κ3) is 3.15. The summed E-state index contributed by atoms with van der Waals surface area (Å²) in [4.78, 5) is 25.4. The third-order valence-corrected chi connectivity index (χ3v) is 4.50. The van der Waals surface area contributed by atoms with Gasteiger partial charge in [0.15, 0.2) is 0 Å². The number of nitrogens with two attached hydrogens (primary N) is 1. The van der Waals surface area contributed by atoms with Crippen molar-refractivity contribution in [3.8, 4) is 0 Å². The second kappa shape index (κ2) is 6.19. The summed E-state index contributed by atoms with van der Waals surface area (Å²) >= 11 is 1.66. The molecule has 2 amide bonds. The number of rotatable bonds is 4. The van der Waals surface area contributed by atoms with Crippen LogP contribution in [-0.4, -0.2) is 29.3 Å². The van der Waals surface area contributed by atoms with Crippen molar-refractivity contribution in [1.29, 1.82) is 0 Å². The van der Waals surface area contributed by atoms with E-state index in [1.54, 1.807) is 16.2 Å². The fourth-order valence-electron chi connectivity index (χ4n) is 2.76. The highest BCUT2D eigenvalue weighted by Crippen LogP contribution is 2.30. The molecule has 1 aromatic heterocycles. The Labute approximate surface area is 117 Å². The molecule has 0 saturated carbocycles. The minimum absolute atomic E-state index is 0.0550. The molecular formula is C14H20N2O2S. The highest BCUT2D eigenvalue weighted by molar-refractivity contribution is 7.07. The molecule has 0 aliphatic carbocycles. The van der Waals surface area contributed by atoms with Gasteiger partial charge in [-0.3, -0.25) is 9.59 Å². The van der Waals surface area contributed by atoms with E-state index in [1.807, 2.05) is 12.3 Å². The smallest absolute Gasteiger partial charge is 0.240 e. The van der Waals surface area contributed by atoms with E-state index < -0.39 is 11.9 Å². The Kier molecular flexibility index (Phi) is 4.58. The van der Waals surface area contributed by atoms with Crippen molar-refractivity contribution >= 4 is 23.2 Å². The summed E-state index contributed by atoms with van der Waals surface area (Å²) in [5, 5.41) is 4.15. The summed E-state index contributed by atoms with van der Waals surface area (Å²) < 4.78 is 0. The number of likely N-dealkylation sites (tertiary alicyclic amines) is 1. The standard InChI is InChI=1S/C14H20N2O2S/c1-2-12(14(15)18)16-6-3-4-10(8-13(16)17)11-5-7-19-9-11/h5,7,9-10,12H,2-4,6,8H2,1H3,(H2,15,18). The molecule has 0 spiro atoms. The van der Waals surface area contributed by atoms with Gasteiger partial charge < -0.3 is 10.6 Å². The van der Waals surface area contributed by atoms with Crippen molar-refractivity contribution in [2.24, 2.45) is 5.73 Å². The summed E-state index contributed by atoms with van der Waals surface area (Å²) in [5.74, 6) is -0.0571. The maximum absolute atomic E-state index is 12.3. The van der Waals surface area contributed by atoms with E-state index in [9.17, 15) is 9.59 Å². The first-order valence-corrected chi connectivity index (χ1v) is 7.68. The number of primary amides is 1. The Morgan fingerprint density at radius 3 is 3.00 bits per heavy atom. The molecule has 1 fully saturated rings. The molecule has 1 aliphatic heterocycles. The molecule has 2 N–H and O–H groups in total. The second-order valence-corrected chi connectivity index (χ2v) is 5.79. The van der Waals surface area contributed by atoms with Crippen molar-refractivity contribution in [2.45, 2.75) is 44.6 Å². The fourth-order valence-corrected chi connectivity index (χ4v) is 3.50. The number of nitrogens with zero attached hydrogens (tertiary/aromatic N) is 1. The summed E-state index contributed by atoms with van der Waals surface area (Å²) in [6.07, 6.45) is 2.99. The van der Waals surface area contributed by atoms with Crippen molar-refractivity contribution < 1.29 is 9.59 Å². The van der Waals surface area contributed by atoms with Crippen LogP contribution in [0.5, 0.6) is 0 Å². The largest absolute Gasteiger partial charge is 0.368 e. The Morgan fingerprint density at radius 2 is 2.42 bits per heavy atom. The van der Waals surface area contributed by atoms with E-state index in [4.69, 9.17) is 5.73 Å². The van der Waals surface area contributed by atoms with Crippen LogP contribution in [0.2, 0.25) is 0 Å². The van der Waals surface area contributed by atoms with Gasteiger partial charge in [-0.05, 0) is 47.6 Å². The minimum Gasteiger partial charge on any atom is -0.368 e. The van der Waals surface area contributed by atoms with E-state index in [-0.39, 0.29) is 11.8 Å². The van der Waals surface area contributed by atoms with Gasteiger partial charge in [-0.15, -0.1) is 0 Å². The molecule has 2 atom stereocenters. The van der Waals surface area contributed by atoms with Crippen molar-refractivity contribution in [3.05, 3.63) is 22.4 Å². The predicted molar refractivity (Wildman–Crippen MR) is 75.9 cm³/mol. The molecule has 1 saturated heterocycles. The van der Waals surface area contributed by atoms with Crippen molar-refractivity contribution in [2.75, 3.05) is 6.54 Å². The van der Waals surface area contributed by atoms with E-state index in [0.29, 0.717) is 19.4 Å². The maximum Gasteiger partial charge on any atom is 0.240 e. The highest BCUT2D eigenvalue weighted by Gasteiger charge is 2.31. The molecule has 5 heteroatoms. The van der Waals surface area contributed by atoms with Crippen LogP contribution in [0, 0.1) is 0 Å². The van der Waals surface area contributed by atoms with Gasteiger partial charge in [0.25, 0.3) is 0 Å². The molecule has 2 heterocycles. The van der Waals surface area contributed by atoms with Crippen LogP contribution in [0.15, 0.2) is 16.8 Å². The van der Waals surface area contributed by atoms with Crippen molar-refractivity contribution in [3.63, 3.8) is 0 Å². The second-order valence-electron chi connectivity index (χ2n) is 5.01. The first kappa shape index (κ1) is 14.1. The number of amides is 2. The topological polar surface area (TPSA) is 63.4 Å². The first-order valence-electron chi connectivity index (χ1n) is 6.74. The lowest BCUT2D eigenvalue weighted by atomic mass is 9.94. The van der Waals surface area contributed by atoms with Crippen LogP contribution in [0.25, 0.3) is 0 Å². The number of hydrogen-bond donors (Lipinski definition) is 1. The molecule has 0 bridgehead atoms. The van der Waals surface area contributed by atoms with Crippen LogP contribution in [0.3, 0.4) is 0 Å². The zero-order valence-electron chi connectivity index (χ0n) is 11.2.